The Bertz CT molecular complexity index is 334. The molecule has 0 spiro atoms. The van der Waals surface area contributed by atoms with Gasteiger partial charge in [-0.25, -0.2) is 4.98 Å². The highest BCUT2D eigenvalue weighted by Crippen LogP contribution is 2.39. The first kappa shape index (κ1) is 11.6. The number of aromatic nitrogens is 2. The molecular weight excluding hydrogens is 200 g/mol. The maximum absolute atomic E-state index is 10.4. The molecule has 0 amide bonds. The molecule has 1 fully saturated rings. The SMILES string of the molecule is CCCn1ccnc1C(O)C1CCCC1C. The summed E-state index contributed by atoms with van der Waals surface area (Å²) in [6, 6.07) is 0. The minimum Gasteiger partial charge on any atom is -0.385 e. The third-order valence-corrected chi connectivity index (χ3v) is 3.81. The van der Waals surface area contributed by atoms with Gasteiger partial charge in [-0.2, -0.15) is 0 Å². The van der Waals surface area contributed by atoms with E-state index in [1.807, 2.05) is 6.20 Å². The first-order valence-corrected chi connectivity index (χ1v) is 6.43. The summed E-state index contributed by atoms with van der Waals surface area (Å²) < 4.78 is 2.09. The van der Waals surface area contributed by atoms with Crippen LogP contribution in [-0.4, -0.2) is 14.7 Å². The summed E-state index contributed by atoms with van der Waals surface area (Å²) in [4.78, 5) is 4.33. The van der Waals surface area contributed by atoms with Crippen LogP contribution in [0.4, 0.5) is 0 Å². The monoisotopic (exact) mass is 222 g/mol. The van der Waals surface area contributed by atoms with Crippen LogP contribution in [0, 0.1) is 11.8 Å². The van der Waals surface area contributed by atoms with E-state index in [-0.39, 0.29) is 6.10 Å². The third kappa shape index (κ3) is 2.14. The lowest BCUT2D eigenvalue weighted by atomic mass is 9.92. The summed E-state index contributed by atoms with van der Waals surface area (Å²) in [6.07, 6.45) is 8.11. The van der Waals surface area contributed by atoms with Gasteiger partial charge in [0.25, 0.3) is 0 Å². The number of aryl methyl sites for hydroxylation is 1. The molecule has 0 saturated heterocycles. The van der Waals surface area contributed by atoms with Crippen LogP contribution in [0.25, 0.3) is 0 Å². The smallest absolute Gasteiger partial charge is 0.137 e. The summed E-state index contributed by atoms with van der Waals surface area (Å²) in [6.45, 7) is 5.34. The molecular formula is C13H22N2O. The van der Waals surface area contributed by atoms with E-state index in [2.05, 4.69) is 23.4 Å². The number of aliphatic hydroxyl groups is 1. The lowest BCUT2D eigenvalue weighted by Gasteiger charge is -2.22. The number of imidazole rings is 1. The molecule has 90 valence electrons. The van der Waals surface area contributed by atoms with Gasteiger partial charge in [0.15, 0.2) is 0 Å². The Balaban J connectivity index is 2.13. The Labute approximate surface area is 97.5 Å². The van der Waals surface area contributed by atoms with Gasteiger partial charge in [0.2, 0.25) is 0 Å². The fraction of sp³-hybridized carbons (Fsp3) is 0.769. The summed E-state index contributed by atoms with van der Waals surface area (Å²) in [5, 5.41) is 10.4. The number of hydrogen-bond acceptors (Lipinski definition) is 2. The van der Waals surface area contributed by atoms with Gasteiger partial charge in [0.05, 0.1) is 0 Å². The molecule has 3 heteroatoms. The molecule has 1 heterocycles. The molecule has 1 N–H and O–H groups in total. The van der Waals surface area contributed by atoms with E-state index in [9.17, 15) is 5.11 Å². The Kier molecular flexibility index (Phi) is 3.64. The molecule has 0 radical (unpaired) electrons. The van der Waals surface area contributed by atoms with Crippen LogP contribution in [0.5, 0.6) is 0 Å². The van der Waals surface area contributed by atoms with Gasteiger partial charge in [-0.05, 0) is 24.7 Å². The van der Waals surface area contributed by atoms with Crippen molar-refractivity contribution in [2.75, 3.05) is 0 Å². The molecule has 16 heavy (non-hydrogen) atoms. The van der Waals surface area contributed by atoms with Crippen molar-refractivity contribution in [1.29, 1.82) is 0 Å². The van der Waals surface area contributed by atoms with Gasteiger partial charge in [0.1, 0.15) is 11.9 Å². The fourth-order valence-electron chi connectivity index (χ4n) is 2.85. The largest absolute Gasteiger partial charge is 0.385 e. The zero-order chi connectivity index (χ0) is 11.5. The van der Waals surface area contributed by atoms with E-state index in [1.165, 1.54) is 12.8 Å². The first-order chi connectivity index (χ1) is 7.74. The second kappa shape index (κ2) is 5.00. The van der Waals surface area contributed by atoms with Crippen molar-refractivity contribution in [1.82, 2.24) is 9.55 Å². The molecule has 1 aromatic heterocycles. The molecule has 0 aliphatic heterocycles. The standard InChI is InChI=1S/C13H22N2O/c1-3-8-15-9-7-14-13(15)12(16)11-6-4-5-10(11)2/h7,9-12,16H,3-6,8H2,1-2H3. The minimum atomic E-state index is -0.376. The molecule has 0 bridgehead atoms. The van der Waals surface area contributed by atoms with Crippen molar-refractivity contribution in [3.05, 3.63) is 18.2 Å². The van der Waals surface area contributed by atoms with Crippen molar-refractivity contribution in [2.24, 2.45) is 11.8 Å². The maximum atomic E-state index is 10.4. The van der Waals surface area contributed by atoms with Crippen molar-refractivity contribution < 1.29 is 5.11 Å². The van der Waals surface area contributed by atoms with Crippen LogP contribution in [0.15, 0.2) is 12.4 Å². The lowest BCUT2D eigenvalue weighted by molar-refractivity contribution is 0.0785. The molecule has 3 atom stereocenters. The highest BCUT2D eigenvalue weighted by Gasteiger charge is 2.32. The zero-order valence-electron chi connectivity index (χ0n) is 10.3. The highest BCUT2D eigenvalue weighted by molar-refractivity contribution is 5.00. The first-order valence-electron chi connectivity index (χ1n) is 6.43. The molecule has 3 unspecified atom stereocenters. The van der Waals surface area contributed by atoms with Crippen LogP contribution in [-0.2, 0) is 6.54 Å². The van der Waals surface area contributed by atoms with Crippen LogP contribution in [0.2, 0.25) is 0 Å². The van der Waals surface area contributed by atoms with E-state index < -0.39 is 0 Å². The normalized spacial score (nSPS) is 27.2. The van der Waals surface area contributed by atoms with E-state index in [4.69, 9.17) is 0 Å². The summed E-state index contributed by atoms with van der Waals surface area (Å²) in [5.74, 6) is 1.89. The van der Waals surface area contributed by atoms with E-state index in [0.29, 0.717) is 11.8 Å². The Morgan fingerprint density at radius 2 is 2.38 bits per heavy atom. The average Bonchev–Trinajstić information content (AvgIpc) is 2.87. The average molecular weight is 222 g/mol. The quantitative estimate of drug-likeness (QED) is 0.850. The molecule has 0 aromatic carbocycles. The topological polar surface area (TPSA) is 38.0 Å². The molecule has 3 nitrogen and oxygen atoms in total. The summed E-state index contributed by atoms with van der Waals surface area (Å²) in [5.41, 5.74) is 0. The van der Waals surface area contributed by atoms with Gasteiger partial charge in [0, 0.05) is 18.9 Å². The predicted molar refractivity (Wildman–Crippen MR) is 64.0 cm³/mol. The van der Waals surface area contributed by atoms with Gasteiger partial charge in [-0.1, -0.05) is 26.7 Å². The van der Waals surface area contributed by atoms with Crippen LogP contribution in [0.3, 0.4) is 0 Å². The fourth-order valence-corrected chi connectivity index (χ4v) is 2.85. The number of rotatable bonds is 4. The van der Waals surface area contributed by atoms with Crippen molar-refractivity contribution in [3.8, 4) is 0 Å². The maximum Gasteiger partial charge on any atom is 0.137 e. The van der Waals surface area contributed by atoms with Crippen molar-refractivity contribution >= 4 is 0 Å². The van der Waals surface area contributed by atoms with Crippen LogP contribution >= 0.6 is 0 Å². The lowest BCUT2D eigenvalue weighted by Crippen LogP contribution is -2.19. The Hall–Kier alpha value is -0.830. The second-order valence-corrected chi connectivity index (χ2v) is 5.00. The molecule has 1 saturated carbocycles. The van der Waals surface area contributed by atoms with Crippen LogP contribution < -0.4 is 0 Å². The van der Waals surface area contributed by atoms with Gasteiger partial charge < -0.3 is 9.67 Å². The zero-order valence-corrected chi connectivity index (χ0v) is 10.3. The molecule has 1 aliphatic rings. The van der Waals surface area contributed by atoms with Gasteiger partial charge in [-0.3, -0.25) is 0 Å². The molecule has 1 aliphatic carbocycles. The Morgan fingerprint density at radius 3 is 3.00 bits per heavy atom. The van der Waals surface area contributed by atoms with Gasteiger partial charge >= 0.3 is 0 Å². The minimum absolute atomic E-state index is 0.376. The van der Waals surface area contributed by atoms with Crippen LogP contribution in [0.1, 0.15) is 51.5 Å². The van der Waals surface area contributed by atoms with Crippen molar-refractivity contribution in [2.45, 2.75) is 52.2 Å². The van der Waals surface area contributed by atoms with Gasteiger partial charge in [-0.15, -0.1) is 0 Å². The van der Waals surface area contributed by atoms with E-state index in [1.54, 1.807) is 6.20 Å². The molecule has 2 rings (SSSR count). The number of aliphatic hydroxyl groups excluding tert-OH is 1. The summed E-state index contributed by atoms with van der Waals surface area (Å²) >= 11 is 0. The second-order valence-electron chi connectivity index (χ2n) is 5.00. The third-order valence-electron chi connectivity index (χ3n) is 3.81. The predicted octanol–water partition coefficient (Wildman–Crippen LogP) is 2.76. The number of hydrogen-bond donors (Lipinski definition) is 1. The van der Waals surface area contributed by atoms with E-state index in [0.717, 1.165) is 25.2 Å². The van der Waals surface area contributed by atoms with E-state index >= 15 is 0 Å². The summed E-state index contributed by atoms with van der Waals surface area (Å²) in [7, 11) is 0. The Morgan fingerprint density at radius 1 is 1.56 bits per heavy atom. The molecule has 1 aromatic rings. The van der Waals surface area contributed by atoms with Crippen molar-refractivity contribution in [3.63, 3.8) is 0 Å². The number of nitrogens with zero attached hydrogens (tertiary/aromatic N) is 2. The highest BCUT2D eigenvalue weighted by atomic mass is 16.3.